The fourth-order valence-electron chi connectivity index (χ4n) is 1.93. The predicted molar refractivity (Wildman–Crippen MR) is 74.5 cm³/mol. The highest BCUT2D eigenvalue weighted by Crippen LogP contribution is 2.28. The summed E-state index contributed by atoms with van der Waals surface area (Å²) in [5.74, 6) is -0.313. The molecule has 0 aromatic carbocycles. The van der Waals surface area contributed by atoms with E-state index in [9.17, 15) is 4.39 Å². The number of pyridine rings is 1. The number of nitrogens with zero attached hydrogens (tertiary/aromatic N) is 2. The molecule has 3 rings (SSSR count). The summed E-state index contributed by atoms with van der Waals surface area (Å²) in [7, 11) is 0. The maximum absolute atomic E-state index is 12.9. The van der Waals surface area contributed by atoms with E-state index in [0.29, 0.717) is 6.04 Å². The zero-order valence-electron chi connectivity index (χ0n) is 10.8. The van der Waals surface area contributed by atoms with Gasteiger partial charge in [-0.05, 0) is 31.4 Å². The van der Waals surface area contributed by atoms with Crippen molar-refractivity contribution in [2.24, 2.45) is 0 Å². The van der Waals surface area contributed by atoms with Gasteiger partial charge in [-0.25, -0.2) is 9.37 Å². The molecule has 0 bridgehead atoms. The van der Waals surface area contributed by atoms with E-state index in [1.807, 2.05) is 0 Å². The summed E-state index contributed by atoms with van der Waals surface area (Å²) in [6.07, 6.45) is 4.73. The van der Waals surface area contributed by atoms with Gasteiger partial charge in [-0.2, -0.15) is 0 Å². The monoisotopic (exact) mass is 277 g/mol. The number of thiazole rings is 1. The highest BCUT2D eigenvalue weighted by molar-refractivity contribution is 7.15. The van der Waals surface area contributed by atoms with Crippen LogP contribution in [-0.4, -0.2) is 16.0 Å². The molecule has 1 fully saturated rings. The Morgan fingerprint density at radius 2 is 2.26 bits per heavy atom. The molecule has 0 amide bonds. The topological polar surface area (TPSA) is 37.8 Å². The summed E-state index contributed by atoms with van der Waals surface area (Å²) < 4.78 is 12.9. The van der Waals surface area contributed by atoms with E-state index in [1.54, 1.807) is 17.4 Å². The lowest BCUT2D eigenvalue weighted by Crippen LogP contribution is -2.15. The first-order chi connectivity index (χ1) is 9.26. The summed E-state index contributed by atoms with van der Waals surface area (Å²) in [5.41, 5.74) is 1.87. The Balaban J connectivity index is 1.82. The summed E-state index contributed by atoms with van der Waals surface area (Å²) in [6.45, 7) is 2.99. The second kappa shape index (κ2) is 5.35. The first-order valence-electron chi connectivity index (χ1n) is 6.60. The number of halogens is 1. The number of hydrogen-bond acceptors (Lipinski definition) is 4. The van der Waals surface area contributed by atoms with Crippen LogP contribution in [0.15, 0.2) is 18.3 Å². The maximum Gasteiger partial charge on any atom is 0.142 e. The molecule has 2 aromatic rings. The molecule has 0 unspecified atom stereocenters. The first-order valence-corrected chi connectivity index (χ1v) is 7.42. The highest BCUT2D eigenvalue weighted by Gasteiger charge is 2.21. The van der Waals surface area contributed by atoms with Gasteiger partial charge in [0.1, 0.15) is 10.8 Å². The summed E-state index contributed by atoms with van der Waals surface area (Å²) in [6, 6.07) is 3.81. The maximum atomic E-state index is 12.9. The Kier molecular flexibility index (Phi) is 3.57. The standard InChI is InChI=1S/C14H16FN3S/c1-2-11-13(8-16-10-4-5-10)19-14(18-11)12-6-3-9(15)7-17-12/h3,6-7,10,16H,2,4-5,8H2,1H3. The van der Waals surface area contributed by atoms with Crippen molar-refractivity contribution in [1.82, 2.24) is 15.3 Å². The second-order valence-corrected chi connectivity index (χ2v) is 5.84. The quantitative estimate of drug-likeness (QED) is 0.912. The Morgan fingerprint density at radius 1 is 1.42 bits per heavy atom. The van der Waals surface area contributed by atoms with Gasteiger partial charge in [0.25, 0.3) is 0 Å². The van der Waals surface area contributed by atoms with Gasteiger partial charge in [0.05, 0.1) is 17.6 Å². The fourth-order valence-corrected chi connectivity index (χ4v) is 3.01. The molecule has 3 nitrogen and oxygen atoms in total. The van der Waals surface area contributed by atoms with Crippen molar-refractivity contribution in [2.45, 2.75) is 38.8 Å². The first kappa shape index (κ1) is 12.7. The van der Waals surface area contributed by atoms with E-state index in [-0.39, 0.29) is 5.82 Å². The molecule has 0 atom stereocenters. The average molecular weight is 277 g/mol. The Hall–Kier alpha value is -1.33. The second-order valence-electron chi connectivity index (χ2n) is 4.76. The molecular weight excluding hydrogens is 261 g/mol. The van der Waals surface area contributed by atoms with Crippen molar-refractivity contribution in [3.63, 3.8) is 0 Å². The van der Waals surface area contributed by atoms with E-state index in [0.717, 1.165) is 29.4 Å². The molecule has 100 valence electrons. The number of aryl methyl sites for hydroxylation is 1. The molecule has 19 heavy (non-hydrogen) atoms. The smallest absolute Gasteiger partial charge is 0.142 e. The fraction of sp³-hybridized carbons (Fsp3) is 0.429. The lowest BCUT2D eigenvalue weighted by atomic mass is 10.3. The minimum Gasteiger partial charge on any atom is -0.309 e. The van der Waals surface area contributed by atoms with Gasteiger partial charge in [0.2, 0.25) is 0 Å². The number of hydrogen-bond donors (Lipinski definition) is 1. The molecule has 1 aliphatic carbocycles. The van der Waals surface area contributed by atoms with Crippen molar-refractivity contribution in [3.05, 3.63) is 34.7 Å². The Labute approximate surface area is 115 Å². The van der Waals surface area contributed by atoms with Crippen LogP contribution in [0.25, 0.3) is 10.7 Å². The van der Waals surface area contributed by atoms with E-state index in [1.165, 1.54) is 30.0 Å². The molecule has 1 saturated carbocycles. The Morgan fingerprint density at radius 3 is 2.89 bits per heavy atom. The van der Waals surface area contributed by atoms with Crippen molar-refractivity contribution in [2.75, 3.05) is 0 Å². The Bertz CT molecular complexity index is 561. The highest BCUT2D eigenvalue weighted by atomic mass is 32.1. The third kappa shape index (κ3) is 2.98. The van der Waals surface area contributed by atoms with Crippen molar-refractivity contribution < 1.29 is 4.39 Å². The normalized spacial score (nSPS) is 14.8. The van der Waals surface area contributed by atoms with Crippen LogP contribution >= 0.6 is 11.3 Å². The SMILES string of the molecule is CCc1nc(-c2ccc(F)cn2)sc1CNC1CC1. The molecule has 0 aliphatic heterocycles. The van der Waals surface area contributed by atoms with Gasteiger partial charge in [-0.15, -0.1) is 11.3 Å². The van der Waals surface area contributed by atoms with Crippen LogP contribution in [0.4, 0.5) is 4.39 Å². The number of nitrogens with one attached hydrogen (secondary N) is 1. The molecule has 0 spiro atoms. The van der Waals surface area contributed by atoms with E-state index in [4.69, 9.17) is 0 Å². The summed E-state index contributed by atoms with van der Waals surface area (Å²) >= 11 is 1.65. The van der Waals surface area contributed by atoms with Gasteiger partial charge in [-0.3, -0.25) is 4.98 Å². The third-order valence-corrected chi connectivity index (χ3v) is 4.31. The summed E-state index contributed by atoms with van der Waals surface area (Å²) in [4.78, 5) is 9.99. The lowest BCUT2D eigenvalue weighted by Gasteiger charge is -2.00. The molecule has 1 N–H and O–H groups in total. The molecule has 0 saturated heterocycles. The van der Waals surface area contributed by atoms with E-state index in [2.05, 4.69) is 22.2 Å². The van der Waals surface area contributed by atoms with Crippen molar-refractivity contribution >= 4 is 11.3 Å². The third-order valence-electron chi connectivity index (χ3n) is 3.19. The van der Waals surface area contributed by atoms with Crippen LogP contribution in [0.3, 0.4) is 0 Å². The van der Waals surface area contributed by atoms with Crippen LogP contribution in [-0.2, 0) is 13.0 Å². The van der Waals surface area contributed by atoms with Gasteiger partial charge < -0.3 is 5.32 Å². The number of aromatic nitrogens is 2. The van der Waals surface area contributed by atoms with Gasteiger partial charge in [-0.1, -0.05) is 6.92 Å². The lowest BCUT2D eigenvalue weighted by molar-refractivity contribution is 0.622. The molecule has 2 heterocycles. The van der Waals surface area contributed by atoms with E-state index >= 15 is 0 Å². The van der Waals surface area contributed by atoms with Crippen LogP contribution in [0.1, 0.15) is 30.3 Å². The zero-order chi connectivity index (χ0) is 13.2. The average Bonchev–Trinajstić information content (AvgIpc) is 3.16. The predicted octanol–water partition coefficient (Wildman–Crippen LogP) is 3.16. The van der Waals surface area contributed by atoms with Crippen LogP contribution in [0.5, 0.6) is 0 Å². The van der Waals surface area contributed by atoms with E-state index < -0.39 is 0 Å². The molecule has 0 radical (unpaired) electrons. The number of rotatable bonds is 5. The summed E-state index contributed by atoms with van der Waals surface area (Å²) in [5, 5.41) is 4.39. The van der Waals surface area contributed by atoms with Gasteiger partial charge in [0, 0.05) is 17.5 Å². The molecule has 1 aliphatic rings. The van der Waals surface area contributed by atoms with Gasteiger partial charge in [0.15, 0.2) is 0 Å². The minimum atomic E-state index is -0.313. The largest absolute Gasteiger partial charge is 0.309 e. The molecule has 5 heteroatoms. The molecular formula is C14H16FN3S. The van der Waals surface area contributed by atoms with Crippen molar-refractivity contribution in [3.8, 4) is 10.7 Å². The van der Waals surface area contributed by atoms with Crippen LogP contribution < -0.4 is 5.32 Å². The van der Waals surface area contributed by atoms with Crippen LogP contribution in [0.2, 0.25) is 0 Å². The van der Waals surface area contributed by atoms with Crippen molar-refractivity contribution in [1.29, 1.82) is 0 Å². The zero-order valence-corrected chi connectivity index (χ0v) is 11.6. The van der Waals surface area contributed by atoms with Crippen LogP contribution in [0, 0.1) is 5.82 Å². The molecule has 2 aromatic heterocycles. The minimum absolute atomic E-state index is 0.313. The van der Waals surface area contributed by atoms with Gasteiger partial charge >= 0.3 is 0 Å².